The number of amides is 2. The van der Waals surface area contributed by atoms with Crippen molar-refractivity contribution in [3.8, 4) is 0 Å². The standard InChI is InChI=1S/C15H15N3O2S/c19-14(16-9-8-12-5-2-1-3-6-12)15(20)18-17-11-13-7-4-10-21-13/h1-7,10-11H,8-9H2,(H,16,19)(H,18,20)/b17-11-. The molecule has 0 bridgehead atoms. The van der Waals surface area contributed by atoms with Crippen LogP contribution in [0.1, 0.15) is 10.4 Å². The molecule has 1 aromatic heterocycles. The summed E-state index contributed by atoms with van der Waals surface area (Å²) in [7, 11) is 0. The molecule has 5 nitrogen and oxygen atoms in total. The minimum absolute atomic E-state index is 0.408. The van der Waals surface area contributed by atoms with E-state index < -0.39 is 11.8 Å². The minimum Gasteiger partial charge on any atom is -0.347 e. The first-order chi connectivity index (χ1) is 10.3. The van der Waals surface area contributed by atoms with E-state index in [1.54, 1.807) is 0 Å². The van der Waals surface area contributed by atoms with Crippen molar-refractivity contribution in [1.82, 2.24) is 10.7 Å². The molecule has 0 aliphatic heterocycles. The van der Waals surface area contributed by atoms with E-state index in [9.17, 15) is 9.59 Å². The molecule has 0 unspecified atom stereocenters. The highest BCUT2D eigenvalue weighted by atomic mass is 32.1. The third-order valence-electron chi connectivity index (χ3n) is 2.65. The molecule has 6 heteroatoms. The maximum atomic E-state index is 11.5. The van der Waals surface area contributed by atoms with Crippen molar-refractivity contribution in [1.29, 1.82) is 0 Å². The van der Waals surface area contributed by atoms with E-state index in [1.165, 1.54) is 17.6 Å². The molecule has 0 aliphatic carbocycles. The summed E-state index contributed by atoms with van der Waals surface area (Å²) in [6, 6.07) is 13.5. The number of rotatable bonds is 5. The summed E-state index contributed by atoms with van der Waals surface area (Å²) in [6.07, 6.45) is 2.18. The topological polar surface area (TPSA) is 70.6 Å². The van der Waals surface area contributed by atoms with E-state index in [0.717, 1.165) is 10.4 Å². The average Bonchev–Trinajstić information content (AvgIpc) is 3.01. The molecule has 0 radical (unpaired) electrons. The van der Waals surface area contributed by atoms with Crippen LogP contribution in [0.25, 0.3) is 0 Å². The van der Waals surface area contributed by atoms with Crippen molar-refractivity contribution < 1.29 is 9.59 Å². The van der Waals surface area contributed by atoms with Crippen molar-refractivity contribution in [2.45, 2.75) is 6.42 Å². The summed E-state index contributed by atoms with van der Waals surface area (Å²) in [4.78, 5) is 23.9. The second-order valence-corrected chi connectivity index (χ2v) is 5.19. The van der Waals surface area contributed by atoms with Gasteiger partial charge in [0.25, 0.3) is 0 Å². The molecule has 0 spiro atoms. The van der Waals surface area contributed by atoms with E-state index in [1.807, 2.05) is 47.8 Å². The molecule has 0 atom stereocenters. The van der Waals surface area contributed by atoms with Gasteiger partial charge in [-0.2, -0.15) is 5.10 Å². The molecule has 108 valence electrons. The molecule has 2 amide bonds. The average molecular weight is 301 g/mol. The van der Waals surface area contributed by atoms with Crippen LogP contribution in [0.3, 0.4) is 0 Å². The van der Waals surface area contributed by atoms with Crippen LogP contribution in [0.2, 0.25) is 0 Å². The Morgan fingerprint density at radius 1 is 1.10 bits per heavy atom. The minimum atomic E-state index is -0.768. The van der Waals surface area contributed by atoms with Gasteiger partial charge in [0.05, 0.1) is 6.21 Å². The maximum absolute atomic E-state index is 11.5. The summed E-state index contributed by atoms with van der Waals surface area (Å²) in [5, 5.41) is 8.18. The smallest absolute Gasteiger partial charge is 0.329 e. The van der Waals surface area contributed by atoms with Crippen LogP contribution in [0, 0.1) is 0 Å². The molecule has 2 N–H and O–H groups in total. The molecular weight excluding hydrogens is 286 g/mol. The number of hydrazone groups is 1. The predicted octanol–water partition coefficient (Wildman–Crippen LogP) is 1.56. The second-order valence-electron chi connectivity index (χ2n) is 4.21. The van der Waals surface area contributed by atoms with Crippen LogP contribution in [0.5, 0.6) is 0 Å². The third-order valence-corrected chi connectivity index (χ3v) is 3.46. The van der Waals surface area contributed by atoms with Crippen LogP contribution in [-0.2, 0) is 16.0 Å². The van der Waals surface area contributed by atoms with E-state index in [0.29, 0.717) is 13.0 Å². The third kappa shape index (κ3) is 5.19. The van der Waals surface area contributed by atoms with Gasteiger partial charge in [0.1, 0.15) is 0 Å². The number of nitrogens with zero attached hydrogens (tertiary/aromatic N) is 1. The zero-order valence-electron chi connectivity index (χ0n) is 11.3. The highest BCUT2D eigenvalue weighted by molar-refractivity contribution is 7.11. The number of carbonyl (C=O) groups excluding carboxylic acids is 2. The molecule has 0 aliphatic rings. The summed E-state index contributed by atoms with van der Waals surface area (Å²) in [5.41, 5.74) is 3.30. The first-order valence-corrected chi connectivity index (χ1v) is 7.32. The van der Waals surface area contributed by atoms with E-state index in [4.69, 9.17) is 0 Å². The molecular formula is C15H15N3O2S. The van der Waals surface area contributed by atoms with Crippen LogP contribution in [-0.4, -0.2) is 24.6 Å². The number of benzene rings is 1. The normalized spacial score (nSPS) is 10.5. The molecule has 1 heterocycles. The molecule has 2 rings (SSSR count). The summed E-state index contributed by atoms with van der Waals surface area (Å²) < 4.78 is 0. The molecule has 21 heavy (non-hydrogen) atoms. The van der Waals surface area contributed by atoms with Gasteiger partial charge in [-0.3, -0.25) is 9.59 Å². The first kappa shape index (κ1) is 14.9. The molecule has 0 fully saturated rings. The Morgan fingerprint density at radius 2 is 1.90 bits per heavy atom. The SMILES string of the molecule is O=C(NCCc1ccccc1)C(=O)N/N=C\c1cccs1. The van der Waals surface area contributed by atoms with Crippen LogP contribution in [0.4, 0.5) is 0 Å². The lowest BCUT2D eigenvalue weighted by atomic mass is 10.1. The Balaban J connectivity index is 1.69. The molecule has 0 saturated carbocycles. The van der Waals surface area contributed by atoms with Crippen molar-refractivity contribution in [2.24, 2.45) is 5.10 Å². The number of nitrogens with one attached hydrogen (secondary N) is 2. The zero-order valence-corrected chi connectivity index (χ0v) is 12.1. The Hall–Kier alpha value is -2.47. The second kappa shape index (κ2) is 7.96. The van der Waals surface area contributed by atoms with Gasteiger partial charge in [-0.15, -0.1) is 11.3 Å². The maximum Gasteiger partial charge on any atom is 0.329 e. The highest BCUT2D eigenvalue weighted by Crippen LogP contribution is 2.04. The summed E-state index contributed by atoms with van der Waals surface area (Å²) in [5.74, 6) is -1.45. The fraction of sp³-hybridized carbons (Fsp3) is 0.133. The lowest BCUT2D eigenvalue weighted by molar-refractivity contribution is -0.139. The zero-order chi connectivity index (χ0) is 14.9. The number of hydrogen-bond donors (Lipinski definition) is 2. The van der Waals surface area contributed by atoms with Crippen LogP contribution in [0.15, 0.2) is 52.9 Å². The lowest BCUT2D eigenvalue weighted by Gasteiger charge is -2.03. The van der Waals surface area contributed by atoms with Gasteiger partial charge < -0.3 is 5.32 Å². The van der Waals surface area contributed by atoms with Gasteiger partial charge in [-0.1, -0.05) is 36.4 Å². The van der Waals surface area contributed by atoms with Crippen molar-refractivity contribution in [3.63, 3.8) is 0 Å². The van der Waals surface area contributed by atoms with Crippen LogP contribution < -0.4 is 10.7 Å². The van der Waals surface area contributed by atoms with Gasteiger partial charge in [-0.05, 0) is 23.4 Å². The summed E-state index contributed by atoms with van der Waals surface area (Å²) >= 11 is 1.49. The number of carbonyl (C=O) groups is 2. The van der Waals surface area contributed by atoms with Gasteiger partial charge >= 0.3 is 11.8 Å². The van der Waals surface area contributed by atoms with Crippen molar-refractivity contribution >= 4 is 29.4 Å². The fourth-order valence-electron chi connectivity index (χ4n) is 1.62. The van der Waals surface area contributed by atoms with Gasteiger partial charge in [0, 0.05) is 11.4 Å². The Kier molecular flexibility index (Phi) is 5.66. The molecule has 0 saturated heterocycles. The Labute approximate surface area is 126 Å². The molecule has 2 aromatic rings. The number of hydrogen-bond acceptors (Lipinski definition) is 4. The van der Waals surface area contributed by atoms with Gasteiger partial charge in [0.15, 0.2) is 0 Å². The van der Waals surface area contributed by atoms with Gasteiger partial charge in [-0.25, -0.2) is 5.43 Å². The lowest BCUT2D eigenvalue weighted by Crippen LogP contribution is -2.38. The fourth-order valence-corrected chi connectivity index (χ4v) is 2.20. The monoisotopic (exact) mass is 301 g/mol. The number of thiophene rings is 1. The quantitative estimate of drug-likeness (QED) is 0.500. The van der Waals surface area contributed by atoms with E-state index in [-0.39, 0.29) is 0 Å². The summed E-state index contributed by atoms with van der Waals surface area (Å²) in [6.45, 7) is 0.408. The van der Waals surface area contributed by atoms with Crippen molar-refractivity contribution in [3.05, 3.63) is 58.3 Å². The van der Waals surface area contributed by atoms with E-state index >= 15 is 0 Å². The predicted molar refractivity (Wildman–Crippen MR) is 83.2 cm³/mol. The highest BCUT2D eigenvalue weighted by Gasteiger charge is 2.11. The first-order valence-electron chi connectivity index (χ1n) is 6.44. The molecule has 1 aromatic carbocycles. The van der Waals surface area contributed by atoms with Crippen LogP contribution >= 0.6 is 11.3 Å². The van der Waals surface area contributed by atoms with Gasteiger partial charge in [0.2, 0.25) is 0 Å². The Bertz CT molecular complexity index is 609. The van der Waals surface area contributed by atoms with E-state index in [2.05, 4.69) is 15.8 Å². The van der Waals surface area contributed by atoms with Crippen molar-refractivity contribution in [2.75, 3.05) is 6.54 Å². The largest absolute Gasteiger partial charge is 0.347 e. The Morgan fingerprint density at radius 3 is 2.62 bits per heavy atom.